The number of carbonyl (C=O) groups is 1. The maximum atomic E-state index is 12.1. The van der Waals surface area contributed by atoms with Crippen molar-refractivity contribution < 1.29 is 9.90 Å². The van der Waals surface area contributed by atoms with Crippen LogP contribution < -0.4 is 10.6 Å². The van der Waals surface area contributed by atoms with Crippen LogP contribution in [-0.4, -0.2) is 49.3 Å². The molecule has 0 fully saturated rings. The summed E-state index contributed by atoms with van der Waals surface area (Å²) in [5, 5.41) is 16.2. The number of nitrogens with one attached hydrogen (secondary N) is 2. The third-order valence-electron chi connectivity index (χ3n) is 4.23. The van der Waals surface area contributed by atoms with Crippen LogP contribution in [0.2, 0.25) is 0 Å². The lowest BCUT2D eigenvalue weighted by atomic mass is 9.85. The number of carbonyl (C=O) groups excluding carboxylic acids is 1. The highest BCUT2D eigenvalue weighted by molar-refractivity contribution is 5.74. The Labute approximate surface area is 140 Å². The van der Waals surface area contributed by atoms with Crippen molar-refractivity contribution in [3.8, 4) is 0 Å². The van der Waals surface area contributed by atoms with Gasteiger partial charge in [-0.1, -0.05) is 44.2 Å². The first kappa shape index (κ1) is 19.5. The highest BCUT2D eigenvalue weighted by Crippen LogP contribution is 2.21. The van der Waals surface area contributed by atoms with Crippen molar-refractivity contribution in [1.82, 2.24) is 15.5 Å². The van der Waals surface area contributed by atoms with Gasteiger partial charge in [0.2, 0.25) is 0 Å². The lowest BCUT2D eigenvalue weighted by Gasteiger charge is -2.35. The van der Waals surface area contributed by atoms with Crippen LogP contribution in [0.15, 0.2) is 30.3 Å². The number of rotatable bonds is 7. The molecule has 5 nitrogen and oxygen atoms in total. The summed E-state index contributed by atoms with van der Waals surface area (Å²) in [4.78, 5) is 14.2. The number of benzene rings is 1. The fraction of sp³-hybridized carbons (Fsp3) is 0.611. The van der Waals surface area contributed by atoms with Gasteiger partial charge in [-0.05, 0) is 38.9 Å². The van der Waals surface area contributed by atoms with Crippen molar-refractivity contribution in [3.63, 3.8) is 0 Å². The summed E-state index contributed by atoms with van der Waals surface area (Å²) in [6.45, 7) is 8.97. The lowest BCUT2D eigenvalue weighted by molar-refractivity contribution is 0.0589. The molecule has 0 saturated carbocycles. The van der Waals surface area contributed by atoms with Gasteiger partial charge in [0.05, 0.1) is 6.54 Å². The molecule has 0 aliphatic rings. The number of nitrogens with zero attached hydrogens (tertiary/aromatic N) is 1. The van der Waals surface area contributed by atoms with Crippen molar-refractivity contribution in [2.45, 2.75) is 39.3 Å². The summed E-state index contributed by atoms with van der Waals surface area (Å²) >= 11 is 0. The van der Waals surface area contributed by atoms with Crippen LogP contribution in [0.3, 0.4) is 0 Å². The van der Waals surface area contributed by atoms with Crippen LogP contribution in [0.5, 0.6) is 0 Å². The Morgan fingerprint density at radius 2 is 1.78 bits per heavy atom. The number of hydrogen-bond donors (Lipinski definition) is 3. The summed E-state index contributed by atoms with van der Waals surface area (Å²) in [7, 11) is 4.04. The second-order valence-electron chi connectivity index (χ2n) is 7.41. The van der Waals surface area contributed by atoms with Crippen molar-refractivity contribution in [2.24, 2.45) is 5.41 Å². The molecule has 1 rings (SSSR count). The molecule has 0 heterocycles. The third kappa shape index (κ3) is 6.20. The van der Waals surface area contributed by atoms with E-state index in [0.717, 1.165) is 12.1 Å². The van der Waals surface area contributed by atoms with Crippen LogP contribution in [0.25, 0.3) is 0 Å². The molecule has 0 saturated heterocycles. The molecule has 5 heteroatoms. The normalized spacial score (nSPS) is 15.8. The molecule has 0 aliphatic carbocycles. The van der Waals surface area contributed by atoms with Gasteiger partial charge in [0.1, 0.15) is 5.60 Å². The zero-order valence-electron chi connectivity index (χ0n) is 15.2. The summed E-state index contributed by atoms with van der Waals surface area (Å²) in [5.74, 6) is 0. The maximum Gasteiger partial charge on any atom is 0.315 e. The van der Waals surface area contributed by atoms with E-state index in [1.165, 1.54) is 0 Å². The fourth-order valence-corrected chi connectivity index (χ4v) is 2.55. The van der Waals surface area contributed by atoms with Crippen molar-refractivity contribution in [1.29, 1.82) is 0 Å². The minimum absolute atomic E-state index is 0.00609. The number of amides is 2. The molecule has 23 heavy (non-hydrogen) atoms. The van der Waals surface area contributed by atoms with Crippen LogP contribution in [0.1, 0.15) is 33.3 Å². The van der Waals surface area contributed by atoms with E-state index in [1.807, 2.05) is 51.4 Å². The lowest BCUT2D eigenvalue weighted by Crippen LogP contribution is -2.52. The Balaban J connectivity index is 2.54. The summed E-state index contributed by atoms with van der Waals surface area (Å²) in [6, 6.07) is 9.08. The number of urea groups is 1. The first-order chi connectivity index (χ1) is 10.5. The van der Waals surface area contributed by atoms with Gasteiger partial charge in [0.15, 0.2) is 0 Å². The monoisotopic (exact) mass is 321 g/mol. The van der Waals surface area contributed by atoms with Crippen molar-refractivity contribution in [2.75, 3.05) is 27.2 Å². The van der Waals surface area contributed by atoms with Crippen molar-refractivity contribution >= 4 is 6.03 Å². The zero-order valence-corrected chi connectivity index (χ0v) is 15.2. The first-order valence-corrected chi connectivity index (χ1v) is 8.01. The van der Waals surface area contributed by atoms with E-state index in [0.29, 0.717) is 0 Å². The van der Waals surface area contributed by atoms with E-state index in [9.17, 15) is 9.90 Å². The molecule has 1 aromatic carbocycles. The van der Waals surface area contributed by atoms with Crippen LogP contribution in [-0.2, 0) is 5.60 Å². The SMILES string of the molecule is CC(NC(=O)NCC(C)(O)c1ccccc1)C(C)(C)CN(C)C. The topological polar surface area (TPSA) is 64.6 Å². The minimum Gasteiger partial charge on any atom is -0.384 e. The highest BCUT2D eigenvalue weighted by atomic mass is 16.3. The molecule has 0 aliphatic heterocycles. The maximum absolute atomic E-state index is 12.1. The van der Waals surface area contributed by atoms with Crippen molar-refractivity contribution in [3.05, 3.63) is 35.9 Å². The molecular weight excluding hydrogens is 290 g/mol. The average Bonchev–Trinajstić information content (AvgIpc) is 2.45. The Bertz CT molecular complexity index is 498. The predicted octanol–water partition coefficient (Wildman–Crippen LogP) is 2.17. The summed E-state index contributed by atoms with van der Waals surface area (Å²) < 4.78 is 0. The van der Waals surface area contributed by atoms with E-state index in [-0.39, 0.29) is 24.0 Å². The van der Waals surface area contributed by atoms with E-state index >= 15 is 0 Å². The van der Waals surface area contributed by atoms with Crippen LogP contribution in [0.4, 0.5) is 4.79 Å². The quantitative estimate of drug-likeness (QED) is 0.721. The van der Waals surface area contributed by atoms with Crippen LogP contribution in [0, 0.1) is 5.41 Å². The standard InChI is InChI=1S/C18H31N3O2/c1-14(17(2,3)13-21(5)6)20-16(22)19-12-18(4,23)15-10-8-7-9-11-15/h7-11,14,23H,12-13H2,1-6H3,(H2,19,20,22). The molecule has 1 aromatic rings. The predicted molar refractivity (Wildman–Crippen MR) is 94.3 cm³/mol. The second kappa shape index (κ2) is 7.79. The van der Waals surface area contributed by atoms with E-state index < -0.39 is 5.60 Å². The highest BCUT2D eigenvalue weighted by Gasteiger charge is 2.29. The first-order valence-electron chi connectivity index (χ1n) is 8.01. The molecule has 2 unspecified atom stereocenters. The largest absolute Gasteiger partial charge is 0.384 e. The smallest absolute Gasteiger partial charge is 0.315 e. The molecule has 2 atom stereocenters. The molecule has 0 radical (unpaired) electrons. The van der Waals surface area contributed by atoms with Crippen LogP contribution >= 0.6 is 0 Å². The Hall–Kier alpha value is -1.59. The minimum atomic E-state index is -1.10. The van der Waals surface area contributed by atoms with Gasteiger partial charge in [-0.15, -0.1) is 0 Å². The van der Waals surface area contributed by atoms with Gasteiger partial charge in [0.25, 0.3) is 0 Å². The number of aliphatic hydroxyl groups is 1. The Morgan fingerprint density at radius 3 is 2.30 bits per heavy atom. The van der Waals surface area contributed by atoms with E-state index in [1.54, 1.807) is 6.92 Å². The second-order valence-corrected chi connectivity index (χ2v) is 7.41. The molecule has 0 bridgehead atoms. The van der Waals surface area contributed by atoms with Gasteiger partial charge >= 0.3 is 6.03 Å². The summed E-state index contributed by atoms with van der Waals surface area (Å²) in [5.41, 5.74) is -0.370. The Kier molecular flexibility index (Phi) is 6.59. The average molecular weight is 321 g/mol. The molecular formula is C18H31N3O2. The van der Waals surface area contributed by atoms with Gasteiger partial charge in [-0.2, -0.15) is 0 Å². The number of hydrogen-bond acceptors (Lipinski definition) is 3. The van der Waals surface area contributed by atoms with Gasteiger partial charge in [0, 0.05) is 12.6 Å². The van der Waals surface area contributed by atoms with Gasteiger partial charge in [-0.3, -0.25) is 0 Å². The third-order valence-corrected chi connectivity index (χ3v) is 4.23. The molecule has 0 spiro atoms. The zero-order chi connectivity index (χ0) is 17.7. The molecule has 130 valence electrons. The summed E-state index contributed by atoms with van der Waals surface area (Å²) in [6.07, 6.45) is 0. The fourth-order valence-electron chi connectivity index (χ4n) is 2.55. The van der Waals surface area contributed by atoms with E-state index in [2.05, 4.69) is 29.4 Å². The van der Waals surface area contributed by atoms with Gasteiger partial charge in [-0.25, -0.2) is 4.79 Å². The van der Waals surface area contributed by atoms with E-state index in [4.69, 9.17) is 0 Å². The molecule has 3 N–H and O–H groups in total. The molecule has 0 aromatic heterocycles. The molecule has 2 amide bonds. The van der Waals surface area contributed by atoms with Gasteiger partial charge < -0.3 is 20.6 Å². The Morgan fingerprint density at radius 1 is 1.22 bits per heavy atom.